The number of ether oxygens (including phenoxy) is 3. The van der Waals surface area contributed by atoms with Crippen molar-refractivity contribution in [2.75, 3.05) is 87.7 Å². The van der Waals surface area contributed by atoms with Gasteiger partial charge in [0.1, 0.15) is 35.2 Å². The average Bonchev–Trinajstić information content (AvgIpc) is 1.21. The zero-order valence-electron chi connectivity index (χ0n) is 70.7. The number of rotatable bonds is 57. The first-order valence-corrected chi connectivity index (χ1v) is 44.8. The number of carbonyl (C=O) groups excluding carboxylic acids is 8. The number of aliphatic carboxylic acids is 2. The number of carboxylic acids is 2. The molecule has 8 rings (SSSR count). The molecule has 128 heavy (non-hydrogen) atoms. The van der Waals surface area contributed by atoms with Crippen LogP contribution in [-0.2, 0) is 90.2 Å². The third-order valence-corrected chi connectivity index (χ3v) is 23.4. The Morgan fingerprint density at radius 2 is 0.969 bits per heavy atom. The second-order valence-electron chi connectivity index (χ2n) is 29.7. The lowest BCUT2D eigenvalue weighted by Gasteiger charge is -2.22. The van der Waals surface area contributed by atoms with Crippen molar-refractivity contribution < 1.29 is 123 Å². The highest BCUT2D eigenvalue weighted by Crippen LogP contribution is 2.29. The standard InChI is InChI=1S/C77H103N21O26S4/c1-46-34-54(35-47(2)66(46)127(114,115)94-56(72(106)107)42-88-68(102)50-14-16-59-52(38-50)40-90-96(59)30-10-20-82-74-84-26-27-85-74)118-32-8-12-63(99)78-22-24-80-70(104)58(44-125-123-121-112)92-65(101)19-18-62(93-76(110)120-77(5,6)7)98(111)61(45-126-124-122-113)71(105)81-25-23-79-64(100)13-9-33-119-55-36-48(3)67(49(4)37-55)128(116,117)95-57(73(108)109)43-89-69(103)51-15-17-60-53(39-51)41-91-97(60)31-11-21-83-75-86-28-29-87-75/h14-17,26-29,34-41,56-58,61-62,94-95H,8-13,18-25,30-33,42-45H2,1-7H3,(H15-,78,79,80,81,82,83,84,85,86,87,88,89,92,93,99,100,101,102,103,104,105,106,107,108,109,110,112,113)/p+1/t56-,57-,58-,61-,62+/m0/s1. The van der Waals surface area contributed by atoms with E-state index >= 15 is 0 Å². The summed E-state index contributed by atoms with van der Waals surface area (Å²) in [6.45, 7) is 10.8. The molecule has 4 heterocycles. The Hall–Kier alpha value is -12.2. The number of nitrogens with zero attached hydrogens (tertiary/aromatic N) is 7. The number of aromatic nitrogens is 8. The summed E-state index contributed by atoms with van der Waals surface area (Å²) in [5.74, 6) is -7.31. The summed E-state index contributed by atoms with van der Waals surface area (Å²) in [6, 6.07) is 8.58. The molecule has 0 fully saturated rings. The Balaban J connectivity index is 0.736. The molecule has 0 aliphatic carbocycles. The van der Waals surface area contributed by atoms with Crippen LogP contribution in [0.25, 0.3) is 21.8 Å². The van der Waals surface area contributed by atoms with Gasteiger partial charge in [0.2, 0.25) is 43.7 Å². The molecule has 0 bridgehead atoms. The number of amides is 8. The molecule has 0 radical (unpaired) electrons. The van der Waals surface area contributed by atoms with Crippen LogP contribution in [0.4, 0.5) is 16.7 Å². The zero-order valence-corrected chi connectivity index (χ0v) is 74.0. The smallest absolute Gasteiger partial charge is 0.412 e. The number of nitroso groups, excluding NO2 is 1. The lowest BCUT2D eigenvalue weighted by molar-refractivity contribution is -0.608. The summed E-state index contributed by atoms with van der Waals surface area (Å²) in [7, 11) is -9.03. The second-order valence-corrected chi connectivity index (χ2v) is 34.4. The molecular formula is C77H104N21O26S4+. The van der Waals surface area contributed by atoms with E-state index in [4.69, 9.17) is 24.7 Å². The van der Waals surface area contributed by atoms with Crippen LogP contribution in [0.1, 0.15) is 115 Å². The number of carboxylic acid groups (broad SMARTS) is 2. The molecular weight excluding hydrogens is 1760 g/mol. The third-order valence-electron chi connectivity index (χ3n) is 18.7. The molecule has 0 saturated carbocycles. The zero-order chi connectivity index (χ0) is 93.1. The van der Waals surface area contributed by atoms with Gasteiger partial charge in [0.05, 0.1) is 57.9 Å². The molecule has 0 unspecified atom stereocenters. The van der Waals surface area contributed by atoms with Gasteiger partial charge in [-0.2, -0.15) is 19.6 Å². The minimum Gasteiger partial charge on any atom is -0.494 e. The number of alkyl carbamates (subject to hydrolysis) is 1. The van der Waals surface area contributed by atoms with Crippen molar-refractivity contribution in [1.82, 2.24) is 91.5 Å². The van der Waals surface area contributed by atoms with Gasteiger partial charge in [-0.25, -0.2) is 42.1 Å². The van der Waals surface area contributed by atoms with Crippen molar-refractivity contribution in [3.63, 3.8) is 0 Å². The van der Waals surface area contributed by atoms with Crippen LogP contribution in [0.2, 0.25) is 0 Å². The van der Waals surface area contributed by atoms with Crippen LogP contribution in [-0.4, -0.2) is 254 Å². The van der Waals surface area contributed by atoms with E-state index in [9.17, 15) is 79.9 Å². The molecule has 8 aromatic rings. The molecule has 47 nitrogen and oxygen atoms in total. The summed E-state index contributed by atoms with van der Waals surface area (Å²) in [4.78, 5) is 159. The number of fused-ring (bicyclic) bond motifs is 2. The number of hydrogen-bond acceptors (Lipinski definition) is 32. The highest BCUT2D eigenvalue weighted by molar-refractivity contribution is 7.94. The van der Waals surface area contributed by atoms with Crippen molar-refractivity contribution in [3.05, 3.63) is 136 Å². The average molecular weight is 1870 g/mol. The van der Waals surface area contributed by atoms with E-state index in [0.717, 1.165) is 11.0 Å². The van der Waals surface area contributed by atoms with Gasteiger partial charge in [0, 0.05) is 172 Å². The van der Waals surface area contributed by atoms with E-state index in [0.29, 0.717) is 85.8 Å². The fraction of sp³-hybridized carbons (Fsp3) is 0.455. The van der Waals surface area contributed by atoms with E-state index in [1.807, 2.05) is 0 Å². The van der Waals surface area contributed by atoms with E-state index < -0.39 is 153 Å². The highest BCUT2D eigenvalue weighted by atomic mass is 32.2. The van der Waals surface area contributed by atoms with Crippen molar-refractivity contribution >= 4 is 137 Å². The number of H-pyrrole nitrogens is 2. The SMILES string of the molecule is Cc1cc(OCCCC(=O)NCCNC(=O)[C@H](CSOOO)NC(=O)CC[C@H](NC(=O)OC(C)(C)C)[N+](=O)[C@@H](CSOOO)C(=O)NCCNC(=O)CCCOc2cc(C)c(S(=O)(=O)N[C@@H](CNC(=O)c3ccc4c(cnn4CCCNc4ncc[nH]4)c3)C(=O)O)c(C)c2)cc(C)c1S(=O)(=O)N[C@@H](CNC(=O)c1ccc2c(cnn2CCCNc2ncc[nH]2)c1)C(=O)O. The first-order chi connectivity index (χ1) is 61.0. The Bertz CT molecular complexity index is 5320. The van der Waals surface area contributed by atoms with E-state index in [-0.39, 0.29) is 125 Å². The maximum atomic E-state index is 14.3. The van der Waals surface area contributed by atoms with E-state index in [2.05, 4.69) is 111 Å². The Morgan fingerprint density at radius 3 is 1.39 bits per heavy atom. The largest absolute Gasteiger partial charge is 0.494 e. The minimum atomic E-state index is -4.52. The number of aromatic amines is 2. The molecule has 696 valence electrons. The maximum Gasteiger partial charge on any atom is 0.412 e. The first-order valence-electron chi connectivity index (χ1n) is 40.0. The van der Waals surface area contributed by atoms with Gasteiger partial charge in [-0.1, -0.05) is 10.1 Å². The molecule has 5 atom stereocenters. The number of sulfonamides is 2. The Kier molecular flexibility index (Phi) is 39.4. The highest BCUT2D eigenvalue weighted by Gasteiger charge is 2.42. The van der Waals surface area contributed by atoms with Crippen LogP contribution in [0.3, 0.4) is 0 Å². The fourth-order valence-corrected chi connectivity index (χ4v) is 17.1. The molecule has 18 N–H and O–H groups in total. The van der Waals surface area contributed by atoms with Crippen molar-refractivity contribution in [2.24, 2.45) is 0 Å². The molecule has 0 aliphatic heterocycles. The van der Waals surface area contributed by atoms with Crippen LogP contribution >= 0.6 is 24.1 Å². The van der Waals surface area contributed by atoms with Crippen LogP contribution in [0.15, 0.2) is 108 Å². The summed E-state index contributed by atoms with van der Waals surface area (Å²) < 4.78 is 89.0. The molecule has 0 saturated heterocycles. The topological polar surface area (TPSA) is 642 Å². The van der Waals surface area contributed by atoms with E-state index in [1.54, 1.807) is 82.9 Å². The lowest BCUT2D eigenvalue weighted by Crippen LogP contribution is -2.54. The molecule has 8 amide bonds. The maximum absolute atomic E-state index is 14.3. The minimum absolute atomic E-state index is 0.0159. The molecule has 0 aliphatic rings. The molecule has 51 heteroatoms. The summed E-state index contributed by atoms with van der Waals surface area (Å²) in [6.07, 6.45) is 7.36. The number of carbonyl (C=O) groups is 10. The second kappa shape index (κ2) is 49.8. The quantitative estimate of drug-likeness (QED) is 0.00649. The van der Waals surface area contributed by atoms with E-state index in [1.165, 1.54) is 72.7 Å². The summed E-state index contributed by atoms with van der Waals surface area (Å²) in [5, 5.41) is 81.5. The number of benzene rings is 4. The van der Waals surface area contributed by atoms with Crippen LogP contribution < -0.4 is 72.1 Å². The van der Waals surface area contributed by atoms with Crippen molar-refractivity contribution in [1.29, 1.82) is 0 Å². The van der Waals surface area contributed by atoms with Gasteiger partial charge in [0.25, 0.3) is 29.9 Å². The van der Waals surface area contributed by atoms with Crippen molar-refractivity contribution in [2.45, 2.75) is 159 Å². The predicted octanol–water partition coefficient (Wildman–Crippen LogP) is 3.28. The Morgan fingerprint density at radius 1 is 0.531 bits per heavy atom. The first kappa shape index (κ1) is 101. The predicted molar refractivity (Wildman–Crippen MR) is 461 cm³/mol. The normalized spacial score (nSPS) is 12.8. The number of nitrogens with one attached hydrogen (secondary N) is 14. The Labute approximate surface area is 742 Å². The van der Waals surface area contributed by atoms with Crippen LogP contribution in [0.5, 0.6) is 11.5 Å². The van der Waals surface area contributed by atoms with Gasteiger partial charge < -0.3 is 82.2 Å². The number of anilines is 2. The molecule has 0 spiro atoms. The summed E-state index contributed by atoms with van der Waals surface area (Å²) >= 11 is 0.690. The number of imidazole rings is 2. The van der Waals surface area contributed by atoms with Gasteiger partial charge in [-0.15, -0.1) is 8.67 Å². The summed E-state index contributed by atoms with van der Waals surface area (Å²) in [5.41, 5.74) is 1.57. The number of hydrogen-bond donors (Lipinski definition) is 18. The third kappa shape index (κ3) is 32.3. The fourth-order valence-electron chi connectivity index (χ4n) is 12.9. The van der Waals surface area contributed by atoms with Crippen molar-refractivity contribution in [3.8, 4) is 11.5 Å². The van der Waals surface area contributed by atoms with Gasteiger partial charge in [-0.3, -0.25) is 57.8 Å². The lowest BCUT2D eigenvalue weighted by atomic mass is 10.1. The monoisotopic (exact) mass is 1870 g/mol. The number of aryl methyl sites for hydroxylation is 6. The van der Waals surface area contributed by atoms with Gasteiger partial charge in [0.15, 0.2) is 11.9 Å². The van der Waals surface area contributed by atoms with Gasteiger partial charge in [-0.05, 0) is 157 Å². The van der Waals surface area contributed by atoms with Crippen LogP contribution in [0, 0.1) is 32.6 Å². The van der Waals surface area contributed by atoms with Gasteiger partial charge >= 0.3 is 18.0 Å². The molecule has 4 aromatic carbocycles. The molecule has 4 aromatic heterocycles.